The molecule has 1 heterocycles. The number of hydrogen-bond acceptors (Lipinski definition) is 5. The average Bonchev–Trinajstić information content (AvgIpc) is 2.89. The van der Waals surface area contributed by atoms with Crippen molar-refractivity contribution in [1.29, 1.82) is 0 Å². The second-order valence-corrected chi connectivity index (χ2v) is 5.00. The zero-order valence-electron chi connectivity index (χ0n) is 13.1. The first-order valence-electron chi connectivity index (χ1n) is 7.24. The molecule has 0 unspecified atom stereocenters. The summed E-state index contributed by atoms with van der Waals surface area (Å²) in [6, 6.07) is 6.64. The van der Waals surface area contributed by atoms with E-state index in [0.717, 1.165) is 11.1 Å². The Morgan fingerprint density at radius 3 is 2.57 bits per heavy atom. The number of ether oxygens (including phenoxy) is 1. The summed E-state index contributed by atoms with van der Waals surface area (Å²) in [6.45, 7) is 3.07. The number of carboxylic acid groups (broad SMARTS) is 1. The van der Waals surface area contributed by atoms with Crippen LogP contribution < -0.4 is 5.32 Å². The number of rotatable bonds is 7. The van der Waals surface area contributed by atoms with Gasteiger partial charge in [-0.15, -0.1) is 0 Å². The Labute approximate surface area is 133 Å². The number of hydrogen-bond donors (Lipinski definition) is 2. The van der Waals surface area contributed by atoms with Gasteiger partial charge in [0.15, 0.2) is 5.69 Å². The van der Waals surface area contributed by atoms with Crippen LogP contribution in [-0.2, 0) is 24.9 Å². The minimum atomic E-state index is -0.945. The summed E-state index contributed by atoms with van der Waals surface area (Å²) < 4.78 is 6.56. The molecule has 2 N–H and O–H groups in total. The number of nitrogens with zero attached hydrogens (tertiary/aromatic N) is 2. The van der Waals surface area contributed by atoms with Gasteiger partial charge in [-0.05, 0) is 24.6 Å². The van der Waals surface area contributed by atoms with Gasteiger partial charge in [0.2, 0.25) is 0 Å². The zero-order chi connectivity index (χ0) is 16.8. The van der Waals surface area contributed by atoms with E-state index in [1.54, 1.807) is 49.1 Å². The van der Waals surface area contributed by atoms with Crippen LogP contribution in [0.4, 0.5) is 0 Å². The van der Waals surface area contributed by atoms with E-state index >= 15 is 0 Å². The van der Waals surface area contributed by atoms with Crippen LogP contribution in [0.2, 0.25) is 0 Å². The van der Waals surface area contributed by atoms with Gasteiger partial charge in [-0.1, -0.05) is 12.1 Å². The average molecular weight is 317 g/mol. The number of nitrogens with one attached hydrogen (secondary N) is 1. The summed E-state index contributed by atoms with van der Waals surface area (Å²) >= 11 is 0. The van der Waals surface area contributed by atoms with Gasteiger partial charge in [0.25, 0.3) is 0 Å². The van der Waals surface area contributed by atoms with Gasteiger partial charge in [0.05, 0.1) is 12.2 Å². The van der Waals surface area contributed by atoms with E-state index in [2.05, 4.69) is 10.4 Å². The van der Waals surface area contributed by atoms with Crippen LogP contribution in [-0.4, -0.2) is 33.4 Å². The van der Waals surface area contributed by atoms with Crippen LogP contribution in [0, 0.1) is 0 Å². The van der Waals surface area contributed by atoms with Crippen LogP contribution >= 0.6 is 0 Å². The number of benzene rings is 1. The highest BCUT2D eigenvalue weighted by Gasteiger charge is 2.16. The Morgan fingerprint density at radius 2 is 1.96 bits per heavy atom. The molecule has 0 saturated carbocycles. The molecule has 2 rings (SSSR count). The lowest BCUT2D eigenvalue weighted by atomic mass is 10.1. The lowest BCUT2D eigenvalue weighted by molar-refractivity contribution is 0.0516. The van der Waals surface area contributed by atoms with E-state index in [-0.39, 0.29) is 5.56 Å². The summed E-state index contributed by atoms with van der Waals surface area (Å²) in [6.07, 6.45) is 1.77. The van der Waals surface area contributed by atoms with E-state index in [1.165, 1.54) is 0 Å². The van der Waals surface area contributed by atoms with E-state index in [0.29, 0.717) is 25.4 Å². The molecule has 0 saturated heterocycles. The SMILES string of the molecule is CCOC(=O)c1nn(C)cc1CNCc1ccc(C(=O)O)cc1. The highest BCUT2D eigenvalue weighted by atomic mass is 16.5. The van der Waals surface area contributed by atoms with Crippen molar-refractivity contribution in [3.05, 3.63) is 52.8 Å². The highest BCUT2D eigenvalue weighted by Crippen LogP contribution is 2.09. The maximum absolute atomic E-state index is 11.8. The molecule has 0 radical (unpaired) electrons. The fourth-order valence-corrected chi connectivity index (χ4v) is 2.14. The monoisotopic (exact) mass is 317 g/mol. The quantitative estimate of drug-likeness (QED) is 0.753. The molecule has 0 bridgehead atoms. The molecule has 0 aliphatic heterocycles. The zero-order valence-corrected chi connectivity index (χ0v) is 13.1. The van der Waals surface area contributed by atoms with Crippen LogP contribution in [0.5, 0.6) is 0 Å². The van der Waals surface area contributed by atoms with Gasteiger partial charge in [-0.2, -0.15) is 5.10 Å². The second-order valence-electron chi connectivity index (χ2n) is 5.00. The maximum Gasteiger partial charge on any atom is 0.359 e. The fourth-order valence-electron chi connectivity index (χ4n) is 2.14. The van der Waals surface area contributed by atoms with Gasteiger partial charge in [0.1, 0.15) is 0 Å². The van der Waals surface area contributed by atoms with Crippen LogP contribution in [0.3, 0.4) is 0 Å². The van der Waals surface area contributed by atoms with Crippen molar-refractivity contribution in [3.8, 4) is 0 Å². The first-order chi connectivity index (χ1) is 11.0. The standard InChI is InChI=1S/C16H19N3O4/c1-3-23-16(22)14-13(10-19(2)18-14)9-17-8-11-4-6-12(7-5-11)15(20)21/h4-7,10,17H,3,8-9H2,1-2H3,(H,20,21). The molecular weight excluding hydrogens is 298 g/mol. The molecule has 23 heavy (non-hydrogen) atoms. The largest absolute Gasteiger partial charge is 0.478 e. The molecule has 0 fully saturated rings. The number of carbonyl (C=O) groups excluding carboxylic acids is 1. The summed E-state index contributed by atoms with van der Waals surface area (Å²) in [5.41, 5.74) is 2.28. The summed E-state index contributed by atoms with van der Waals surface area (Å²) in [4.78, 5) is 22.6. The van der Waals surface area contributed by atoms with Crippen molar-refractivity contribution in [2.24, 2.45) is 7.05 Å². The molecule has 7 nitrogen and oxygen atoms in total. The Kier molecular flexibility index (Phi) is 5.48. The van der Waals surface area contributed by atoms with Gasteiger partial charge in [0, 0.05) is 31.9 Å². The van der Waals surface area contributed by atoms with Crippen molar-refractivity contribution in [2.45, 2.75) is 20.0 Å². The lowest BCUT2D eigenvalue weighted by Crippen LogP contribution is -2.16. The number of aryl methyl sites for hydroxylation is 1. The molecule has 0 aliphatic carbocycles. The first-order valence-corrected chi connectivity index (χ1v) is 7.24. The number of carboxylic acids is 1. The summed E-state index contributed by atoms with van der Waals surface area (Å²) in [5, 5.41) is 16.2. The van der Waals surface area contributed by atoms with Crippen molar-refractivity contribution < 1.29 is 19.4 Å². The first kappa shape index (κ1) is 16.7. The van der Waals surface area contributed by atoms with Crippen LogP contribution in [0.15, 0.2) is 30.5 Å². The Morgan fingerprint density at radius 1 is 1.26 bits per heavy atom. The minimum absolute atomic E-state index is 0.255. The van der Waals surface area contributed by atoms with E-state index < -0.39 is 11.9 Å². The molecule has 122 valence electrons. The van der Waals surface area contributed by atoms with Crippen LogP contribution in [0.1, 0.15) is 38.9 Å². The van der Waals surface area contributed by atoms with Gasteiger partial charge in [-0.3, -0.25) is 4.68 Å². The maximum atomic E-state index is 11.8. The molecule has 0 atom stereocenters. The number of esters is 1. The molecule has 0 amide bonds. The lowest BCUT2D eigenvalue weighted by Gasteiger charge is -2.06. The third-order valence-corrected chi connectivity index (χ3v) is 3.22. The summed E-state index contributed by atoms with van der Waals surface area (Å²) in [7, 11) is 1.75. The molecule has 2 aromatic rings. The van der Waals surface area contributed by atoms with E-state index in [9.17, 15) is 9.59 Å². The molecule has 0 aliphatic rings. The number of aromatic carboxylic acids is 1. The smallest absolute Gasteiger partial charge is 0.359 e. The Bertz CT molecular complexity index is 692. The predicted octanol–water partition coefficient (Wildman–Crippen LogP) is 1.58. The number of aromatic nitrogens is 2. The molecule has 7 heteroatoms. The van der Waals surface area contributed by atoms with Gasteiger partial charge >= 0.3 is 11.9 Å². The highest BCUT2D eigenvalue weighted by molar-refractivity contribution is 5.88. The van der Waals surface area contributed by atoms with E-state index in [4.69, 9.17) is 9.84 Å². The van der Waals surface area contributed by atoms with Crippen molar-refractivity contribution in [3.63, 3.8) is 0 Å². The number of carbonyl (C=O) groups is 2. The molecule has 0 spiro atoms. The Balaban J connectivity index is 1.96. The third-order valence-electron chi connectivity index (χ3n) is 3.22. The predicted molar refractivity (Wildman–Crippen MR) is 83.1 cm³/mol. The van der Waals surface area contributed by atoms with Gasteiger partial charge in [-0.25, -0.2) is 9.59 Å². The second kappa shape index (κ2) is 7.55. The normalized spacial score (nSPS) is 10.5. The summed E-state index contributed by atoms with van der Waals surface area (Å²) in [5.74, 6) is -1.38. The van der Waals surface area contributed by atoms with Gasteiger partial charge < -0.3 is 15.2 Å². The third kappa shape index (κ3) is 4.40. The minimum Gasteiger partial charge on any atom is -0.478 e. The van der Waals surface area contributed by atoms with Crippen molar-refractivity contribution in [2.75, 3.05) is 6.61 Å². The molecule has 1 aromatic heterocycles. The van der Waals surface area contributed by atoms with E-state index in [1.807, 2.05) is 0 Å². The fraction of sp³-hybridized carbons (Fsp3) is 0.312. The van der Waals surface area contributed by atoms with Crippen LogP contribution in [0.25, 0.3) is 0 Å². The Hall–Kier alpha value is -2.67. The van der Waals surface area contributed by atoms with Crippen molar-refractivity contribution in [1.82, 2.24) is 15.1 Å². The van der Waals surface area contributed by atoms with Crippen molar-refractivity contribution >= 4 is 11.9 Å². The molecular formula is C16H19N3O4. The molecule has 1 aromatic carbocycles. The topological polar surface area (TPSA) is 93.5 Å².